The summed E-state index contributed by atoms with van der Waals surface area (Å²) < 4.78 is 1.80. The standard InChI is InChI=1S/C20H16BN6/c1-21-17-13-25-27-19(24-12-15-3-2-8-23-11-15)9-18(26-20(17)27)16-6-4-14(10-22)5-7-16/h2-9,11,13,24H,12H2,1H3. The molecule has 0 spiro atoms. The van der Waals surface area contributed by atoms with Crippen molar-refractivity contribution in [1.82, 2.24) is 19.6 Å². The normalized spacial score (nSPS) is 10.5. The Morgan fingerprint density at radius 1 is 1.19 bits per heavy atom. The largest absolute Gasteiger partial charge is 0.366 e. The van der Waals surface area contributed by atoms with E-state index in [1.807, 2.05) is 50.6 Å². The van der Waals surface area contributed by atoms with Gasteiger partial charge in [-0.15, -0.1) is 0 Å². The highest BCUT2D eigenvalue weighted by molar-refractivity contribution is 6.54. The number of rotatable bonds is 5. The Hall–Kier alpha value is -3.66. The Morgan fingerprint density at radius 3 is 2.74 bits per heavy atom. The summed E-state index contributed by atoms with van der Waals surface area (Å²) in [5.74, 6) is 0.844. The number of pyridine rings is 1. The van der Waals surface area contributed by atoms with Crippen molar-refractivity contribution < 1.29 is 0 Å². The molecule has 0 bridgehead atoms. The molecule has 1 aromatic carbocycles. The molecule has 0 aliphatic rings. The number of fused-ring (bicyclic) bond motifs is 1. The highest BCUT2D eigenvalue weighted by Crippen LogP contribution is 2.22. The van der Waals surface area contributed by atoms with Crippen molar-refractivity contribution in [3.8, 4) is 17.3 Å². The minimum atomic E-state index is 0.627. The van der Waals surface area contributed by atoms with Crippen LogP contribution in [0.5, 0.6) is 0 Å². The van der Waals surface area contributed by atoms with Crippen LogP contribution in [0.4, 0.5) is 5.82 Å². The van der Waals surface area contributed by atoms with Crippen molar-refractivity contribution in [2.24, 2.45) is 0 Å². The van der Waals surface area contributed by atoms with E-state index in [2.05, 4.69) is 21.5 Å². The van der Waals surface area contributed by atoms with Gasteiger partial charge >= 0.3 is 0 Å². The fourth-order valence-electron chi connectivity index (χ4n) is 2.87. The second-order valence-electron chi connectivity index (χ2n) is 6.05. The lowest BCUT2D eigenvalue weighted by atomic mass is 9.75. The predicted molar refractivity (Wildman–Crippen MR) is 106 cm³/mol. The summed E-state index contributed by atoms with van der Waals surface area (Å²) in [5.41, 5.74) is 5.23. The van der Waals surface area contributed by atoms with Crippen LogP contribution in [0.3, 0.4) is 0 Å². The molecule has 3 aromatic heterocycles. The van der Waals surface area contributed by atoms with Gasteiger partial charge in [-0.2, -0.15) is 14.9 Å². The second kappa shape index (κ2) is 7.30. The zero-order chi connectivity index (χ0) is 18.6. The van der Waals surface area contributed by atoms with E-state index in [0.29, 0.717) is 12.1 Å². The first-order valence-corrected chi connectivity index (χ1v) is 8.60. The molecular weight excluding hydrogens is 335 g/mol. The van der Waals surface area contributed by atoms with E-state index in [1.54, 1.807) is 29.0 Å². The van der Waals surface area contributed by atoms with Gasteiger partial charge in [-0.3, -0.25) is 4.98 Å². The molecule has 6 nitrogen and oxygen atoms in total. The topological polar surface area (TPSA) is 78.9 Å². The third-order valence-electron chi connectivity index (χ3n) is 4.32. The van der Waals surface area contributed by atoms with Crippen molar-refractivity contribution in [1.29, 1.82) is 5.26 Å². The molecule has 4 aromatic rings. The smallest absolute Gasteiger partial charge is 0.155 e. The van der Waals surface area contributed by atoms with E-state index >= 15 is 0 Å². The van der Waals surface area contributed by atoms with Gasteiger partial charge in [0.05, 0.1) is 17.3 Å². The number of hydrogen-bond donors (Lipinski definition) is 1. The van der Waals surface area contributed by atoms with Crippen molar-refractivity contribution in [3.05, 3.63) is 72.2 Å². The summed E-state index contributed by atoms with van der Waals surface area (Å²) in [7, 11) is 1.99. The minimum Gasteiger partial charge on any atom is -0.366 e. The molecule has 129 valence electrons. The van der Waals surface area contributed by atoms with Crippen LogP contribution in [0.25, 0.3) is 16.9 Å². The molecule has 0 saturated heterocycles. The second-order valence-corrected chi connectivity index (χ2v) is 6.05. The molecule has 27 heavy (non-hydrogen) atoms. The first-order valence-electron chi connectivity index (χ1n) is 8.60. The number of anilines is 1. The van der Waals surface area contributed by atoms with Gasteiger partial charge in [0.2, 0.25) is 0 Å². The fourth-order valence-corrected chi connectivity index (χ4v) is 2.87. The van der Waals surface area contributed by atoms with Crippen LogP contribution in [-0.4, -0.2) is 26.9 Å². The Kier molecular flexibility index (Phi) is 4.54. The molecule has 0 amide bonds. The van der Waals surface area contributed by atoms with Gasteiger partial charge in [0.15, 0.2) is 12.9 Å². The van der Waals surface area contributed by atoms with E-state index < -0.39 is 0 Å². The van der Waals surface area contributed by atoms with E-state index in [1.165, 1.54) is 0 Å². The SMILES string of the molecule is C[B]c1cnn2c(NCc3cccnc3)cc(-c3ccc(C#N)cc3)nc12. The first kappa shape index (κ1) is 16.8. The van der Waals surface area contributed by atoms with E-state index in [9.17, 15) is 0 Å². The zero-order valence-electron chi connectivity index (χ0n) is 14.8. The summed E-state index contributed by atoms with van der Waals surface area (Å²) in [6.07, 6.45) is 5.40. The monoisotopic (exact) mass is 351 g/mol. The summed E-state index contributed by atoms with van der Waals surface area (Å²) in [6.45, 7) is 2.60. The first-order chi connectivity index (χ1) is 13.3. The molecule has 3 heterocycles. The maximum absolute atomic E-state index is 9.01. The van der Waals surface area contributed by atoms with E-state index in [4.69, 9.17) is 10.2 Å². The number of nitrogens with zero attached hydrogens (tertiary/aromatic N) is 5. The highest BCUT2D eigenvalue weighted by Gasteiger charge is 2.12. The molecular formula is C20H16BN6. The maximum Gasteiger partial charge on any atom is 0.155 e. The van der Waals surface area contributed by atoms with Gasteiger partial charge in [0.1, 0.15) is 5.82 Å². The molecule has 1 N–H and O–H groups in total. The third kappa shape index (κ3) is 3.38. The zero-order valence-corrected chi connectivity index (χ0v) is 14.8. The Balaban J connectivity index is 1.76. The van der Waals surface area contributed by atoms with Crippen molar-refractivity contribution in [3.63, 3.8) is 0 Å². The molecule has 1 radical (unpaired) electrons. The summed E-state index contributed by atoms with van der Waals surface area (Å²) in [5, 5.41) is 16.9. The van der Waals surface area contributed by atoms with Crippen molar-refractivity contribution in [2.45, 2.75) is 13.4 Å². The molecule has 0 aliphatic heterocycles. The minimum absolute atomic E-state index is 0.627. The predicted octanol–water partition coefficient (Wildman–Crippen LogP) is 2.65. The quantitative estimate of drug-likeness (QED) is 0.559. The van der Waals surface area contributed by atoms with E-state index in [0.717, 1.165) is 33.7 Å². The molecule has 0 atom stereocenters. The van der Waals surface area contributed by atoms with Gasteiger partial charge in [0, 0.05) is 36.8 Å². The van der Waals surface area contributed by atoms with Crippen LogP contribution in [0.2, 0.25) is 6.82 Å². The van der Waals surface area contributed by atoms with Gasteiger partial charge in [-0.1, -0.05) is 25.0 Å². The van der Waals surface area contributed by atoms with Crippen LogP contribution >= 0.6 is 0 Å². The number of nitriles is 1. The van der Waals surface area contributed by atoms with Crippen LogP contribution in [0.1, 0.15) is 11.1 Å². The Morgan fingerprint density at radius 2 is 2.04 bits per heavy atom. The molecule has 4 rings (SSSR count). The lowest BCUT2D eigenvalue weighted by Crippen LogP contribution is -2.13. The van der Waals surface area contributed by atoms with Gasteiger partial charge in [-0.25, -0.2) is 4.98 Å². The van der Waals surface area contributed by atoms with Crippen LogP contribution in [-0.2, 0) is 6.54 Å². The van der Waals surface area contributed by atoms with Crippen LogP contribution < -0.4 is 10.8 Å². The lowest BCUT2D eigenvalue weighted by molar-refractivity contribution is 0.925. The number of hydrogen-bond acceptors (Lipinski definition) is 5. The molecule has 0 unspecified atom stereocenters. The van der Waals surface area contributed by atoms with Crippen molar-refractivity contribution >= 4 is 24.2 Å². The lowest BCUT2D eigenvalue weighted by Gasteiger charge is -2.11. The molecule has 0 fully saturated rings. The number of aromatic nitrogens is 4. The van der Waals surface area contributed by atoms with Gasteiger partial charge in [-0.05, 0) is 29.2 Å². The maximum atomic E-state index is 9.01. The third-order valence-corrected chi connectivity index (χ3v) is 4.32. The Labute approximate surface area is 157 Å². The molecule has 0 aliphatic carbocycles. The number of nitrogens with one attached hydrogen (secondary N) is 1. The van der Waals surface area contributed by atoms with Gasteiger partial charge < -0.3 is 5.32 Å². The molecule has 7 heteroatoms. The summed E-state index contributed by atoms with van der Waals surface area (Å²) in [4.78, 5) is 8.93. The van der Waals surface area contributed by atoms with Crippen LogP contribution in [0.15, 0.2) is 61.1 Å². The molecule has 0 saturated carbocycles. The highest BCUT2D eigenvalue weighted by atomic mass is 15.3. The number of benzene rings is 1. The van der Waals surface area contributed by atoms with Crippen LogP contribution in [0, 0.1) is 11.3 Å². The van der Waals surface area contributed by atoms with Crippen molar-refractivity contribution in [2.75, 3.05) is 5.32 Å². The summed E-state index contributed by atoms with van der Waals surface area (Å²) in [6, 6.07) is 15.5. The average Bonchev–Trinajstić information content (AvgIpc) is 3.16. The Bertz CT molecular complexity index is 1110. The fraction of sp³-hybridized carbons (Fsp3) is 0.100. The van der Waals surface area contributed by atoms with E-state index in [-0.39, 0.29) is 0 Å². The average molecular weight is 351 g/mol. The summed E-state index contributed by atoms with van der Waals surface area (Å²) >= 11 is 0. The van der Waals surface area contributed by atoms with Gasteiger partial charge in [0.25, 0.3) is 0 Å².